The van der Waals surface area contributed by atoms with Crippen LogP contribution in [0.15, 0.2) is 0 Å². The Balaban J connectivity index is 1.95. The summed E-state index contributed by atoms with van der Waals surface area (Å²) in [5.74, 6) is -0.595. The molecule has 0 aromatic rings. The lowest BCUT2D eigenvalue weighted by Gasteiger charge is -2.23. The van der Waals surface area contributed by atoms with Crippen LogP contribution in [-0.2, 0) is 23.7 Å². The number of hydrogen-bond acceptors (Lipinski definition) is 6. The van der Waals surface area contributed by atoms with E-state index in [9.17, 15) is 0 Å². The van der Waals surface area contributed by atoms with Crippen molar-refractivity contribution in [2.24, 2.45) is 5.73 Å². The van der Waals surface area contributed by atoms with E-state index in [1.54, 1.807) is 7.11 Å². The number of fused-ring (bicyclic) bond motifs is 1. The van der Waals surface area contributed by atoms with E-state index in [4.69, 9.17) is 29.4 Å². The summed E-state index contributed by atoms with van der Waals surface area (Å²) in [7, 11) is 1.60. The maximum atomic E-state index is 5.81. The van der Waals surface area contributed by atoms with Crippen LogP contribution in [-0.4, -0.2) is 57.3 Å². The quantitative estimate of drug-likeness (QED) is 0.681. The van der Waals surface area contributed by atoms with E-state index in [0.717, 1.165) is 0 Å². The van der Waals surface area contributed by atoms with E-state index in [2.05, 4.69) is 0 Å². The van der Waals surface area contributed by atoms with Gasteiger partial charge in [0.25, 0.3) is 0 Å². The Hall–Kier alpha value is -0.240. The van der Waals surface area contributed by atoms with Gasteiger partial charge >= 0.3 is 0 Å². The third-order valence-electron chi connectivity index (χ3n) is 2.88. The second-order valence-corrected chi connectivity index (χ2v) is 4.71. The molecule has 0 saturated carbocycles. The molecule has 100 valence electrons. The second kappa shape index (κ2) is 5.17. The number of rotatable bonds is 5. The molecule has 2 aliphatic heterocycles. The van der Waals surface area contributed by atoms with Crippen LogP contribution in [0.1, 0.15) is 13.8 Å². The monoisotopic (exact) mass is 247 g/mol. The highest BCUT2D eigenvalue weighted by molar-refractivity contribution is 4.94. The minimum Gasteiger partial charge on any atom is -0.377 e. The van der Waals surface area contributed by atoms with Crippen molar-refractivity contribution < 1.29 is 23.7 Å². The zero-order valence-corrected chi connectivity index (χ0v) is 10.5. The molecule has 17 heavy (non-hydrogen) atoms. The Kier molecular flexibility index (Phi) is 4.02. The predicted octanol–water partition coefficient (Wildman–Crippen LogP) is -0.147. The molecule has 0 bridgehead atoms. The first-order valence-corrected chi connectivity index (χ1v) is 5.89. The van der Waals surface area contributed by atoms with E-state index < -0.39 is 12.1 Å². The summed E-state index contributed by atoms with van der Waals surface area (Å²) in [6.45, 7) is 5.22. The van der Waals surface area contributed by atoms with Gasteiger partial charge in [-0.05, 0) is 13.8 Å². The molecule has 2 heterocycles. The van der Waals surface area contributed by atoms with Gasteiger partial charge in [0, 0.05) is 13.7 Å². The van der Waals surface area contributed by atoms with Crippen LogP contribution in [0.5, 0.6) is 0 Å². The van der Waals surface area contributed by atoms with Crippen LogP contribution in [0.3, 0.4) is 0 Å². The zero-order chi connectivity index (χ0) is 12.5. The van der Waals surface area contributed by atoms with Gasteiger partial charge in [0.1, 0.15) is 18.3 Å². The molecule has 6 nitrogen and oxygen atoms in total. The van der Waals surface area contributed by atoms with Crippen molar-refractivity contribution >= 4 is 0 Å². The van der Waals surface area contributed by atoms with E-state index in [-0.39, 0.29) is 18.3 Å². The van der Waals surface area contributed by atoms with E-state index >= 15 is 0 Å². The van der Waals surface area contributed by atoms with Crippen molar-refractivity contribution in [1.82, 2.24) is 0 Å². The first-order valence-electron chi connectivity index (χ1n) is 5.89. The summed E-state index contributed by atoms with van der Waals surface area (Å²) < 4.78 is 27.9. The van der Waals surface area contributed by atoms with Gasteiger partial charge in [-0.2, -0.15) is 0 Å². The number of hydrogen-bond donors (Lipinski definition) is 1. The highest BCUT2D eigenvalue weighted by atomic mass is 16.8. The van der Waals surface area contributed by atoms with Crippen molar-refractivity contribution in [3.05, 3.63) is 0 Å². The van der Waals surface area contributed by atoms with Gasteiger partial charge < -0.3 is 29.4 Å². The van der Waals surface area contributed by atoms with E-state index in [1.165, 1.54) is 0 Å². The summed E-state index contributed by atoms with van der Waals surface area (Å²) >= 11 is 0. The SMILES string of the molecule is CO[C@@H]1O[C@H](COCCN)[C@H]2OC(C)(C)O[C@@H]12. The van der Waals surface area contributed by atoms with Crippen LogP contribution in [0, 0.1) is 0 Å². The summed E-state index contributed by atoms with van der Waals surface area (Å²) in [5, 5.41) is 0. The fraction of sp³-hybridized carbons (Fsp3) is 1.00. The fourth-order valence-corrected chi connectivity index (χ4v) is 2.25. The lowest BCUT2D eigenvalue weighted by molar-refractivity contribution is -0.231. The Morgan fingerprint density at radius 2 is 1.94 bits per heavy atom. The largest absolute Gasteiger partial charge is 0.377 e. The Morgan fingerprint density at radius 1 is 1.24 bits per heavy atom. The maximum absolute atomic E-state index is 5.81. The Morgan fingerprint density at radius 3 is 2.59 bits per heavy atom. The molecule has 2 saturated heterocycles. The lowest BCUT2D eigenvalue weighted by Crippen LogP contribution is -2.33. The van der Waals surface area contributed by atoms with Crippen molar-refractivity contribution in [2.75, 3.05) is 26.9 Å². The molecule has 2 rings (SSSR count). The van der Waals surface area contributed by atoms with Crippen LogP contribution < -0.4 is 5.73 Å². The predicted molar refractivity (Wildman–Crippen MR) is 59.4 cm³/mol. The third-order valence-corrected chi connectivity index (χ3v) is 2.88. The number of methoxy groups -OCH3 is 1. The topological polar surface area (TPSA) is 72.2 Å². The molecular weight excluding hydrogens is 226 g/mol. The summed E-state index contributed by atoms with van der Waals surface area (Å²) in [4.78, 5) is 0. The highest BCUT2D eigenvalue weighted by Gasteiger charge is 2.55. The third kappa shape index (κ3) is 2.78. The minimum atomic E-state index is -0.595. The Bertz CT molecular complexity index is 260. The van der Waals surface area contributed by atoms with Crippen molar-refractivity contribution in [2.45, 2.75) is 44.2 Å². The average molecular weight is 247 g/mol. The number of nitrogens with two attached hydrogens (primary N) is 1. The van der Waals surface area contributed by atoms with Crippen molar-refractivity contribution in [3.8, 4) is 0 Å². The summed E-state index contributed by atoms with van der Waals surface area (Å²) in [5.41, 5.74) is 5.37. The molecule has 0 radical (unpaired) electrons. The molecule has 0 aromatic carbocycles. The molecule has 6 heteroatoms. The molecule has 4 atom stereocenters. The normalized spacial score (nSPS) is 39.5. The molecule has 0 unspecified atom stereocenters. The van der Waals surface area contributed by atoms with Crippen LogP contribution in [0.25, 0.3) is 0 Å². The summed E-state index contributed by atoms with van der Waals surface area (Å²) in [6.07, 6.45) is -0.902. The molecular formula is C11H21NO5. The highest BCUT2D eigenvalue weighted by Crippen LogP contribution is 2.38. The second-order valence-electron chi connectivity index (χ2n) is 4.71. The van der Waals surface area contributed by atoms with Gasteiger partial charge in [-0.15, -0.1) is 0 Å². The van der Waals surface area contributed by atoms with Crippen molar-refractivity contribution in [3.63, 3.8) is 0 Å². The van der Waals surface area contributed by atoms with Crippen LogP contribution in [0.4, 0.5) is 0 Å². The molecule has 2 N–H and O–H groups in total. The molecule has 2 fully saturated rings. The first kappa shape index (κ1) is 13.2. The minimum absolute atomic E-state index is 0.146. The van der Waals surface area contributed by atoms with Gasteiger partial charge in [-0.1, -0.05) is 0 Å². The van der Waals surface area contributed by atoms with E-state index in [0.29, 0.717) is 19.8 Å². The zero-order valence-electron chi connectivity index (χ0n) is 10.5. The lowest BCUT2D eigenvalue weighted by atomic mass is 10.1. The van der Waals surface area contributed by atoms with Gasteiger partial charge in [-0.25, -0.2) is 0 Å². The van der Waals surface area contributed by atoms with Gasteiger partial charge in [0.05, 0.1) is 13.2 Å². The molecule has 0 aromatic heterocycles. The fourth-order valence-electron chi connectivity index (χ4n) is 2.25. The van der Waals surface area contributed by atoms with Gasteiger partial charge in [0.2, 0.25) is 0 Å². The smallest absolute Gasteiger partial charge is 0.186 e. The first-order chi connectivity index (χ1) is 8.07. The van der Waals surface area contributed by atoms with E-state index in [1.807, 2.05) is 13.8 Å². The maximum Gasteiger partial charge on any atom is 0.186 e. The molecule has 0 aliphatic carbocycles. The van der Waals surface area contributed by atoms with Gasteiger partial charge in [-0.3, -0.25) is 0 Å². The molecule has 0 amide bonds. The molecule has 2 aliphatic rings. The molecule has 0 spiro atoms. The average Bonchev–Trinajstić information content (AvgIpc) is 2.73. The Labute approximate surface area is 101 Å². The van der Waals surface area contributed by atoms with Crippen molar-refractivity contribution in [1.29, 1.82) is 0 Å². The van der Waals surface area contributed by atoms with Gasteiger partial charge in [0.15, 0.2) is 12.1 Å². The summed E-state index contributed by atoms with van der Waals surface area (Å²) in [6, 6.07) is 0. The number of ether oxygens (including phenoxy) is 5. The van der Waals surface area contributed by atoms with Crippen LogP contribution >= 0.6 is 0 Å². The van der Waals surface area contributed by atoms with Crippen LogP contribution in [0.2, 0.25) is 0 Å². The standard InChI is InChI=1S/C11H21NO5/c1-11(2)16-8-7(6-14-5-4-12)15-10(13-3)9(8)17-11/h7-10H,4-6,12H2,1-3H3/t7-,8-,9-,10-/m1/s1.